The molecule has 0 unspecified atom stereocenters. The molecule has 2 N–H and O–H groups in total. The molecule has 0 radical (unpaired) electrons. The van der Waals surface area contributed by atoms with Gasteiger partial charge >= 0.3 is 6.03 Å². The van der Waals surface area contributed by atoms with Crippen molar-refractivity contribution in [1.29, 1.82) is 0 Å². The quantitative estimate of drug-likeness (QED) is 0.697. The van der Waals surface area contributed by atoms with Crippen molar-refractivity contribution in [3.05, 3.63) is 23.8 Å². The molecule has 0 spiro atoms. The molecule has 1 saturated heterocycles. The fourth-order valence-electron chi connectivity index (χ4n) is 3.36. The van der Waals surface area contributed by atoms with Gasteiger partial charge in [-0.1, -0.05) is 19.9 Å². The van der Waals surface area contributed by atoms with Crippen molar-refractivity contribution in [3.8, 4) is 11.5 Å². The van der Waals surface area contributed by atoms with Crippen molar-refractivity contribution in [1.82, 2.24) is 15.5 Å². The van der Waals surface area contributed by atoms with E-state index in [2.05, 4.69) is 24.5 Å². The van der Waals surface area contributed by atoms with Gasteiger partial charge < -0.3 is 20.1 Å². The fraction of sp³-hybridized carbons (Fsp3) is 0.550. The van der Waals surface area contributed by atoms with Crippen LogP contribution in [-0.2, 0) is 15.1 Å². The molecule has 0 bridgehead atoms. The highest BCUT2D eigenvalue weighted by Gasteiger charge is 2.49. The predicted octanol–water partition coefficient (Wildman–Crippen LogP) is 2.12. The normalized spacial score (nSPS) is 21.8. The van der Waals surface area contributed by atoms with Gasteiger partial charge in [0.05, 0.1) is 0 Å². The SMILES string of the molecule is CC(C)CC[C@@H](C)NC(=O)CN1C(=O)N[C@@](C)(c2ccc3c(c2)OCO3)C1=O. The van der Waals surface area contributed by atoms with Crippen LogP contribution in [0, 0.1) is 5.92 Å². The van der Waals surface area contributed by atoms with Crippen LogP contribution in [0.2, 0.25) is 0 Å². The summed E-state index contributed by atoms with van der Waals surface area (Å²) in [5.74, 6) is 0.843. The highest BCUT2D eigenvalue weighted by molar-refractivity contribution is 6.09. The van der Waals surface area contributed by atoms with Crippen LogP contribution in [0.25, 0.3) is 0 Å². The number of imide groups is 1. The molecule has 2 aliphatic rings. The molecule has 8 nitrogen and oxygen atoms in total. The monoisotopic (exact) mass is 389 g/mol. The summed E-state index contributed by atoms with van der Waals surface area (Å²) in [6.07, 6.45) is 1.84. The van der Waals surface area contributed by atoms with Crippen LogP contribution in [0.4, 0.5) is 4.79 Å². The molecule has 4 amide bonds. The Kier molecular flexibility index (Phi) is 5.49. The molecule has 152 valence electrons. The number of amides is 4. The second kappa shape index (κ2) is 7.69. The van der Waals surface area contributed by atoms with Gasteiger partial charge in [0.2, 0.25) is 12.7 Å². The van der Waals surface area contributed by atoms with Crippen LogP contribution >= 0.6 is 0 Å². The third-order valence-corrected chi connectivity index (χ3v) is 5.11. The standard InChI is InChI=1S/C20H27N3O5/c1-12(2)5-6-13(3)21-17(24)10-23-18(25)20(4,22-19(23)26)14-7-8-15-16(9-14)28-11-27-15/h7-9,12-13H,5-6,10-11H2,1-4H3,(H,21,24)(H,22,26)/t13-,20+/m1/s1. The molecule has 3 rings (SSSR count). The number of carbonyl (C=O) groups is 3. The lowest BCUT2D eigenvalue weighted by Gasteiger charge is -2.22. The van der Waals surface area contributed by atoms with Gasteiger partial charge in [-0.3, -0.25) is 14.5 Å². The van der Waals surface area contributed by atoms with Crippen molar-refractivity contribution in [2.45, 2.75) is 52.1 Å². The van der Waals surface area contributed by atoms with Crippen LogP contribution in [0.3, 0.4) is 0 Å². The Hall–Kier alpha value is -2.77. The summed E-state index contributed by atoms with van der Waals surface area (Å²) in [5, 5.41) is 5.55. The Morgan fingerprint density at radius 3 is 2.64 bits per heavy atom. The lowest BCUT2D eigenvalue weighted by Crippen LogP contribution is -2.45. The summed E-state index contributed by atoms with van der Waals surface area (Å²) in [4.78, 5) is 38.6. The van der Waals surface area contributed by atoms with E-state index in [0.29, 0.717) is 23.0 Å². The van der Waals surface area contributed by atoms with Crippen LogP contribution in [0.15, 0.2) is 18.2 Å². The second-order valence-electron chi connectivity index (χ2n) is 7.95. The molecule has 1 aromatic carbocycles. The van der Waals surface area contributed by atoms with Gasteiger partial charge in [0, 0.05) is 6.04 Å². The minimum atomic E-state index is -1.26. The maximum absolute atomic E-state index is 13.0. The number of carbonyl (C=O) groups excluding carboxylic acids is 3. The van der Waals surface area contributed by atoms with Crippen molar-refractivity contribution >= 4 is 17.8 Å². The highest BCUT2D eigenvalue weighted by Crippen LogP contribution is 2.37. The highest BCUT2D eigenvalue weighted by atomic mass is 16.7. The summed E-state index contributed by atoms with van der Waals surface area (Å²) >= 11 is 0. The minimum absolute atomic E-state index is 0.0177. The summed E-state index contributed by atoms with van der Waals surface area (Å²) in [6, 6.07) is 4.49. The zero-order chi connectivity index (χ0) is 20.5. The Balaban J connectivity index is 1.67. The van der Waals surface area contributed by atoms with Gasteiger partial charge in [0.15, 0.2) is 11.5 Å². The largest absolute Gasteiger partial charge is 0.454 e. The van der Waals surface area contributed by atoms with E-state index in [0.717, 1.165) is 17.7 Å². The smallest absolute Gasteiger partial charge is 0.325 e. The average molecular weight is 389 g/mol. The van der Waals surface area contributed by atoms with Crippen molar-refractivity contribution in [2.75, 3.05) is 13.3 Å². The molecule has 0 saturated carbocycles. The molecular formula is C20H27N3O5. The van der Waals surface area contributed by atoms with Crippen LogP contribution in [0.1, 0.15) is 46.1 Å². The van der Waals surface area contributed by atoms with Crippen LogP contribution < -0.4 is 20.1 Å². The molecular weight excluding hydrogens is 362 g/mol. The van der Waals surface area contributed by atoms with Gasteiger partial charge in [0.25, 0.3) is 5.91 Å². The molecule has 1 aromatic rings. The third-order valence-electron chi connectivity index (χ3n) is 5.11. The first-order valence-electron chi connectivity index (χ1n) is 9.54. The summed E-state index contributed by atoms with van der Waals surface area (Å²) in [7, 11) is 0. The fourth-order valence-corrected chi connectivity index (χ4v) is 3.36. The van der Waals surface area contributed by atoms with Gasteiger partial charge in [-0.2, -0.15) is 0 Å². The first kappa shape index (κ1) is 20.0. The molecule has 2 aliphatic heterocycles. The lowest BCUT2D eigenvalue weighted by atomic mass is 9.91. The molecule has 8 heteroatoms. The van der Waals surface area contributed by atoms with E-state index in [1.165, 1.54) is 0 Å². The average Bonchev–Trinajstić information content (AvgIpc) is 3.18. The summed E-state index contributed by atoms with van der Waals surface area (Å²) in [5.41, 5.74) is -0.690. The first-order chi connectivity index (χ1) is 13.2. The number of hydrogen-bond acceptors (Lipinski definition) is 5. The zero-order valence-electron chi connectivity index (χ0n) is 16.7. The number of urea groups is 1. The van der Waals surface area contributed by atoms with Crippen molar-refractivity contribution in [2.24, 2.45) is 5.92 Å². The van der Waals surface area contributed by atoms with E-state index in [1.807, 2.05) is 6.92 Å². The summed E-state index contributed by atoms with van der Waals surface area (Å²) in [6.45, 7) is 7.60. The first-order valence-corrected chi connectivity index (χ1v) is 9.54. The molecule has 1 fully saturated rings. The number of ether oxygens (including phenoxy) is 2. The van der Waals surface area contributed by atoms with Gasteiger partial charge in [-0.15, -0.1) is 0 Å². The van der Waals surface area contributed by atoms with Crippen molar-refractivity contribution < 1.29 is 23.9 Å². The number of benzene rings is 1. The maximum atomic E-state index is 13.0. The lowest BCUT2D eigenvalue weighted by molar-refractivity contribution is -0.135. The van der Waals surface area contributed by atoms with E-state index in [9.17, 15) is 14.4 Å². The Bertz CT molecular complexity index is 794. The van der Waals surface area contributed by atoms with E-state index in [4.69, 9.17) is 9.47 Å². The van der Waals surface area contributed by atoms with Crippen molar-refractivity contribution in [3.63, 3.8) is 0 Å². The van der Waals surface area contributed by atoms with Gasteiger partial charge in [-0.25, -0.2) is 4.79 Å². The molecule has 28 heavy (non-hydrogen) atoms. The zero-order valence-corrected chi connectivity index (χ0v) is 16.7. The topological polar surface area (TPSA) is 97.0 Å². The van der Waals surface area contributed by atoms with Gasteiger partial charge in [0.1, 0.15) is 12.1 Å². The number of nitrogens with zero attached hydrogens (tertiary/aromatic N) is 1. The van der Waals surface area contributed by atoms with Gasteiger partial charge in [-0.05, 0) is 50.3 Å². The molecule has 0 aliphatic carbocycles. The summed E-state index contributed by atoms with van der Waals surface area (Å²) < 4.78 is 10.6. The Labute approximate surface area is 164 Å². The van der Waals surface area contributed by atoms with E-state index in [-0.39, 0.29) is 25.3 Å². The predicted molar refractivity (Wildman–Crippen MR) is 102 cm³/mol. The van der Waals surface area contributed by atoms with E-state index < -0.39 is 17.5 Å². The van der Waals surface area contributed by atoms with E-state index in [1.54, 1.807) is 25.1 Å². The van der Waals surface area contributed by atoms with E-state index >= 15 is 0 Å². The molecule has 2 atom stereocenters. The van der Waals surface area contributed by atoms with Crippen LogP contribution in [0.5, 0.6) is 11.5 Å². The number of rotatable bonds is 7. The Morgan fingerprint density at radius 1 is 1.21 bits per heavy atom. The Morgan fingerprint density at radius 2 is 1.93 bits per heavy atom. The maximum Gasteiger partial charge on any atom is 0.325 e. The molecule has 0 aromatic heterocycles. The number of hydrogen-bond donors (Lipinski definition) is 2. The second-order valence-corrected chi connectivity index (χ2v) is 7.95. The number of fused-ring (bicyclic) bond motifs is 1. The number of nitrogens with one attached hydrogen (secondary N) is 2. The minimum Gasteiger partial charge on any atom is -0.454 e. The van der Waals surface area contributed by atoms with Crippen LogP contribution in [-0.4, -0.2) is 42.1 Å². The molecule has 2 heterocycles. The third kappa shape index (κ3) is 3.90.